The number of methoxy groups -OCH3 is 1. The van der Waals surface area contributed by atoms with E-state index in [2.05, 4.69) is 63.7 Å². The molecule has 0 aliphatic heterocycles. The van der Waals surface area contributed by atoms with E-state index in [1.54, 1.807) is 13.3 Å². The molecule has 3 aromatic carbocycles. The van der Waals surface area contributed by atoms with Crippen LogP contribution in [0.3, 0.4) is 0 Å². The molecule has 1 amide bonds. The molecule has 4 rings (SSSR count). The highest BCUT2D eigenvalue weighted by molar-refractivity contribution is 6.09. The lowest BCUT2D eigenvalue weighted by Gasteiger charge is -2.06. The SMILES string of the molecule is CCn1c2ccccc2c2cc(/C=N/NC(=O)CNc3ccc(OC)cc3)ccc21. The molecule has 0 radical (unpaired) electrons. The number of rotatable bonds is 7. The second-order valence-corrected chi connectivity index (χ2v) is 6.91. The van der Waals surface area contributed by atoms with Crippen molar-refractivity contribution in [3.8, 4) is 5.75 Å². The number of nitrogens with one attached hydrogen (secondary N) is 2. The molecule has 2 N–H and O–H groups in total. The third-order valence-corrected chi connectivity index (χ3v) is 5.06. The molecule has 1 aromatic heterocycles. The number of nitrogens with zero attached hydrogens (tertiary/aromatic N) is 2. The fourth-order valence-corrected chi connectivity index (χ4v) is 3.60. The lowest BCUT2D eigenvalue weighted by atomic mass is 10.1. The molecule has 0 unspecified atom stereocenters. The van der Waals surface area contributed by atoms with Gasteiger partial charge in [-0.15, -0.1) is 0 Å². The summed E-state index contributed by atoms with van der Waals surface area (Å²) < 4.78 is 7.42. The highest BCUT2D eigenvalue weighted by atomic mass is 16.5. The van der Waals surface area contributed by atoms with Crippen molar-refractivity contribution < 1.29 is 9.53 Å². The number of amides is 1. The van der Waals surface area contributed by atoms with E-state index in [-0.39, 0.29) is 12.5 Å². The maximum atomic E-state index is 12.0. The molecule has 0 saturated heterocycles. The van der Waals surface area contributed by atoms with Crippen molar-refractivity contribution in [1.82, 2.24) is 9.99 Å². The zero-order valence-corrected chi connectivity index (χ0v) is 17.1. The highest BCUT2D eigenvalue weighted by Crippen LogP contribution is 2.29. The van der Waals surface area contributed by atoms with Crippen LogP contribution in [0.5, 0.6) is 5.75 Å². The quantitative estimate of drug-likeness (QED) is 0.357. The second-order valence-electron chi connectivity index (χ2n) is 6.91. The van der Waals surface area contributed by atoms with Crippen molar-refractivity contribution in [2.45, 2.75) is 13.5 Å². The van der Waals surface area contributed by atoms with Crippen molar-refractivity contribution in [3.05, 3.63) is 72.3 Å². The van der Waals surface area contributed by atoms with Crippen molar-refractivity contribution in [2.24, 2.45) is 5.10 Å². The zero-order valence-electron chi connectivity index (χ0n) is 17.1. The van der Waals surface area contributed by atoms with Crippen molar-refractivity contribution >= 4 is 39.6 Å². The van der Waals surface area contributed by atoms with Crippen LogP contribution >= 0.6 is 0 Å². The van der Waals surface area contributed by atoms with E-state index in [0.29, 0.717) is 0 Å². The number of hydrazone groups is 1. The van der Waals surface area contributed by atoms with Gasteiger partial charge in [0.15, 0.2) is 0 Å². The first-order chi connectivity index (χ1) is 14.7. The Morgan fingerprint density at radius 1 is 1.03 bits per heavy atom. The molecule has 1 heterocycles. The fraction of sp³-hybridized carbons (Fsp3) is 0.167. The molecular weight excluding hydrogens is 376 g/mol. The van der Waals surface area contributed by atoms with Crippen LogP contribution in [0.25, 0.3) is 21.8 Å². The fourth-order valence-electron chi connectivity index (χ4n) is 3.60. The number of anilines is 1. The molecule has 0 aliphatic carbocycles. The van der Waals surface area contributed by atoms with Gasteiger partial charge in [-0.3, -0.25) is 4.79 Å². The molecule has 30 heavy (non-hydrogen) atoms. The van der Waals surface area contributed by atoms with Gasteiger partial charge < -0.3 is 14.6 Å². The number of hydrogen-bond acceptors (Lipinski definition) is 4. The third-order valence-electron chi connectivity index (χ3n) is 5.06. The molecule has 0 aliphatic rings. The van der Waals surface area contributed by atoms with Crippen molar-refractivity contribution in [2.75, 3.05) is 19.0 Å². The first-order valence-electron chi connectivity index (χ1n) is 9.90. The number of carbonyl (C=O) groups excluding carboxylic acids is 1. The van der Waals surface area contributed by atoms with Gasteiger partial charge in [0.2, 0.25) is 0 Å². The molecule has 0 bridgehead atoms. The Balaban J connectivity index is 1.42. The van der Waals surface area contributed by atoms with Gasteiger partial charge in [0.1, 0.15) is 5.75 Å². The molecule has 0 spiro atoms. The summed E-state index contributed by atoms with van der Waals surface area (Å²) in [5.41, 5.74) is 6.76. The zero-order chi connectivity index (χ0) is 20.9. The van der Waals surface area contributed by atoms with E-state index in [0.717, 1.165) is 23.5 Å². The Morgan fingerprint density at radius 2 is 1.80 bits per heavy atom. The number of aromatic nitrogens is 1. The topological polar surface area (TPSA) is 67.7 Å². The predicted octanol–water partition coefficient (Wildman–Crippen LogP) is 4.39. The van der Waals surface area contributed by atoms with E-state index >= 15 is 0 Å². The van der Waals surface area contributed by atoms with E-state index in [1.807, 2.05) is 30.3 Å². The summed E-state index contributed by atoms with van der Waals surface area (Å²) in [4.78, 5) is 12.0. The number of hydrogen-bond donors (Lipinski definition) is 2. The van der Waals surface area contributed by atoms with Gasteiger partial charge in [0, 0.05) is 34.0 Å². The van der Waals surface area contributed by atoms with Crippen LogP contribution in [-0.2, 0) is 11.3 Å². The first kappa shape index (κ1) is 19.5. The van der Waals surface area contributed by atoms with Crippen LogP contribution in [0.15, 0.2) is 71.8 Å². The summed E-state index contributed by atoms with van der Waals surface area (Å²) >= 11 is 0. The largest absolute Gasteiger partial charge is 0.497 e. The Morgan fingerprint density at radius 3 is 2.57 bits per heavy atom. The highest BCUT2D eigenvalue weighted by Gasteiger charge is 2.09. The molecule has 6 heteroatoms. The van der Waals surface area contributed by atoms with Gasteiger partial charge in [0.05, 0.1) is 19.9 Å². The smallest absolute Gasteiger partial charge is 0.259 e. The lowest BCUT2D eigenvalue weighted by molar-refractivity contribution is -0.119. The van der Waals surface area contributed by atoms with Crippen LogP contribution in [0.1, 0.15) is 12.5 Å². The maximum Gasteiger partial charge on any atom is 0.259 e. The predicted molar refractivity (Wildman–Crippen MR) is 122 cm³/mol. The van der Waals surface area contributed by atoms with Crippen LogP contribution in [0.2, 0.25) is 0 Å². The molecule has 6 nitrogen and oxygen atoms in total. The van der Waals surface area contributed by atoms with Crippen molar-refractivity contribution in [1.29, 1.82) is 0 Å². The first-order valence-corrected chi connectivity index (χ1v) is 9.90. The average Bonchev–Trinajstić information content (AvgIpc) is 3.11. The summed E-state index contributed by atoms with van der Waals surface area (Å²) in [6.07, 6.45) is 1.67. The monoisotopic (exact) mass is 400 g/mol. The van der Waals surface area contributed by atoms with Crippen molar-refractivity contribution in [3.63, 3.8) is 0 Å². The van der Waals surface area contributed by atoms with Gasteiger partial charge in [-0.05, 0) is 55.0 Å². The molecule has 0 fully saturated rings. The standard InChI is InChI=1S/C24H24N4O2/c1-3-28-22-7-5-4-6-20(22)21-14-17(8-13-23(21)28)15-26-27-24(29)16-25-18-9-11-19(30-2)12-10-18/h4-15,25H,3,16H2,1-2H3,(H,27,29)/b26-15+. The van der Waals surface area contributed by atoms with Gasteiger partial charge in [-0.25, -0.2) is 5.43 Å². The van der Waals surface area contributed by atoms with Gasteiger partial charge >= 0.3 is 0 Å². The van der Waals surface area contributed by atoms with Gasteiger partial charge in [0.25, 0.3) is 5.91 Å². The third kappa shape index (κ3) is 3.98. The normalized spacial score (nSPS) is 11.3. The summed E-state index contributed by atoms with van der Waals surface area (Å²) in [5, 5.41) is 9.56. The number of carbonyl (C=O) groups is 1. The maximum absolute atomic E-state index is 12.0. The van der Waals surface area contributed by atoms with Crippen LogP contribution in [0, 0.1) is 0 Å². The van der Waals surface area contributed by atoms with Crippen LogP contribution in [-0.4, -0.2) is 30.3 Å². The number of ether oxygens (including phenoxy) is 1. The second kappa shape index (κ2) is 8.69. The van der Waals surface area contributed by atoms with E-state index in [9.17, 15) is 4.79 Å². The summed E-state index contributed by atoms with van der Waals surface area (Å²) in [7, 11) is 1.62. The summed E-state index contributed by atoms with van der Waals surface area (Å²) in [6.45, 7) is 3.19. The number of benzene rings is 3. The minimum atomic E-state index is -0.217. The Kier molecular flexibility index (Phi) is 5.66. The van der Waals surface area contributed by atoms with E-state index in [1.165, 1.54) is 21.8 Å². The van der Waals surface area contributed by atoms with Gasteiger partial charge in [-0.1, -0.05) is 24.3 Å². The Labute approximate surface area is 175 Å². The Hall–Kier alpha value is -3.80. The van der Waals surface area contributed by atoms with Crippen LogP contribution in [0.4, 0.5) is 5.69 Å². The summed E-state index contributed by atoms with van der Waals surface area (Å²) in [5.74, 6) is 0.555. The molecular formula is C24H24N4O2. The number of fused-ring (bicyclic) bond motifs is 3. The van der Waals surface area contributed by atoms with E-state index in [4.69, 9.17) is 4.74 Å². The number of para-hydroxylation sites is 1. The van der Waals surface area contributed by atoms with E-state index < -0.39 is 0 Å². The summed E-state index contributed by atoms with van der Waals surface area (Å²) in [6, 6.07) is 22.0. The molecule has 152 valence electrons. The minimum Gasteiger partial charge on any atom is -0.497 e. The Bertz CT molecular complexity index is 1210. The minimum absolute atomic E-state index is 0.132. The molecule has 4 aromatic rings. The van der Waals surface area contributed by atoms with Gasteiger partial charge in [-0.2, -0.15) is 5.10 Å². The molecule has 0 saturated carbocycles. The number of aryl methyl sites for hydroxylation is 1. The average molecular weight is 400 g/mol. The lowest BCUT2D eigenvalue weighted by Crippen LogP contribution is -2.25. The molecule has 0 atom stereocenters. The van der Waals surface area contributed by atoms with Crippen LogP contribution < -0.4 is 15.5 Å².